The highest BCUT2D eigenvalue weighted by molar-refractivity contribution is 7.98. The lowest BCUT2D eigenvalue weighted by Crippen LogP contribution is -2.34. The molecule has 0 fully saturated rings. The van der Waals surface area contributed by atoms with Crippen LogP contribution in [0.5, 0.6) is 0 Å². The van der Waals surface area contributed by atoms with E-state index in [4.69, 9.17) is 11.6 Å². The summed E-state index contributed by atoms with van der Waals surface area (Å²) in [5, 5.41) is 3.63. The van der Waals surface area contributed by atoms with Gasteiger partial charge in [-0.25, -0.2) is 13.1 Å². The molecule has 0 radical (unpaired) electrons. The fraction of sp³-hybridized carbons (Fsp3) is 0.571. The van der Waals surface area contributed by atoms with Gasteiger partial charge in [0.05, 0.1) is 4.90 Å². The SMILES string of the molecule is CCNCc1cc(Cl)cc(S(=O)(=O)NC(C)CSC)c1C. The highest BCUT2D eigenvalue weighted by atomic mass is 35.5. The smallest absolute Gasteiger partial charge is 0.241 e. The van der Waals surface area contributed by atoms with Crippen molar-refractivity contribution in [3.63, 3.8) is 0 Å². The van der Waals surface area contributed by atoms with Crippen molar-refractivity contribution in [1.29, 1.82) is 0 Å². The van der Waals surface area contributed by atoms with Gasteiger partial charge in [0.25, 0.3) is 0 Å². The van der Waals surface area contributed by atoms with Gasteiger partial charge in [-0.15, -0.1) is 0 Å². The Morgan fingerprint density at radius 3 is 2.62 bits per heavy atom. The Morgan fingerprint density at radius 2 is 2.05 bits per heavy atom. The molecule has 1 unspecified atom stereocenters. The van der Waals surface area contributed by atoms with Crippen LogP contribution in [-0.4, -0.2) is 33.0 Å². The van der Waals surface area contributed by atoms with Crippen molar-refractivity contribution < 1.29 is 8.42 Å². The molecule has 0 aromatic heterocycles. The van der Waals surface area contributed by atoms with Crippen LogP contribution in [0.1, 0.15) is 25.0 Å². The van der Waals surface area contributed by atoms with Crippen molar-refractivity contribution in [3.8, 4) is 0 Å². The highest BCUT2D eigenvalue weighted by Gasteiger charge is 2.21. The third-order valence-electron chi connectivity index (χ3n) is 3.06. The molecular formula is C14H23ClN2O2S2. The Balaban J connectivity index is 3.13. The van der Waals surface area contributed by atoms with Crippen LogP contribution in [0.15, 0.2) is 17.0 Å². The Bertz CT molecular complexity index is 577. The zero-order valence-electron chi connectivity index (χ0n) is 12.9. The van der Waals surface area contributed by atoms with Gasteiger partial charge in [-0.2, -0.15) is 11.8 Å². The van der Waals surface area contributed by atoms with Gasteiger partial charge in [0.1, 0.15) is 0 Å². The largest absolute Gasteiger partial charge is 0.313 e. The number of nitrogens with one attached hydrogen (secondary N) is 2. The summed E-state index contributed by atoms with van der Waals surface area (Å²) in [5.74, 6) is 0.725. The minimum Gasteiger partial charge on any atom is -0.313 e. The molecule has 0 heterocycles. The number of thioether (sulfide) groups is 1. The van der Waals surface area contributed by atoms with Crippen molar-refractivity contribution >= 4 is 33.4 Å². The highest BCUT2D eigenvalue weighted by Crippen LogP contribution is 2.24. The van der Waals surface area contributed by atoms with E-state index in [0.717, 1.165) is 23.4 Å². The van der Waals surface area contributed by atoms with E-state index < -0.39 is 10.0 Å². The summed E-state index contributed by atoms with van der Waals surface area (Å²) in [6.07, 6.45) is 1.95. The number of rotatable bonds is 8. The van der Waals surface area contributed by atoms with Crippen molar-refractivity contribution in [2.45, 2.75) is 38.3 Å². The molecule has 120 valence electrons. The first-order valence-corrected chi connectivity index (χ1v) is 10.1. The van der Waals surface area contributed by atoms with Crippen LogP contribution in [0.2, 0.25) is 5.02 Å². The van der Waals surface area contributed by atoms with Crippen molar-refractivity contribution in [1.82, 2.24) is 10.0 Å². The maximum absolute atomic E-state index is 12.5. The molecular weight excluding hydrogens is 328 g/mol. The minimum absolute atomic E-state index is 0.124. The standard InChI is InChI=1S/C14H23ClN2O2S2/c1-5-16-8-12-6-13(15)7-14(11(12)3)21(18,19)17-10(2)9-20-4/h6-7,10,16-17H,5,8-9H2,1-4H3. The van der Waals surface area contributed by atoms with Gasteiger partial charge in [-0.05, 0) is 49.9 Å². The third-order valence-corrected chi connectivity index (χ3v) is 5.83. The van der Waals surface area contributed by atoms with Gasteiger partial charge in [-0.3, -0.25) is 0 Å². The first-order chi connectivity index (χ1) is 9.81. The Morgan fingerprint density at radius 1 is 1.38 bits per heavy atom. The van der Waals surface area contributed by atoms with Crippen LogP contribution in [0.25, 0.3) is 0 Å². The summed E-state index contributed by atoms with van der Waals surface area (Å²) in [6.45, 7) is 7.09. The second-order valence-corrected chi connectivity index (χ2v) is 7.98. The van der Waals surface area contributed by atoms with Crippen LogP contribution in [0, 0.1) is 6.92 Å². The molecule has 2 N–H and O–H groups in total. The lowest BCUT2D eigenvalue weighted by Gasteiger charge is -2.17. The second kappa shape index (κ2) is 8.39. The van der Waals surface area contributed by atoms with E-state index in [0.29, 0.717) is 11.6 Å². The normalized spacial score (nSPS) is 13.4. The van der Waals surface area contributed by atoms with Gasteiger partial charge < -0.3 is 5.32 Å². The minimum atomic E-state index is -3.56. The monoisotopic (exact) mass is 350 g/mol. The van der Waals surface area contributed by atoms with E-state index in [1.807, 2.05) is 33.1 Å². The summed E-state index contributed by atoms with van der Waals surface area (Å²) < 4.78 is 27.7. The quantitative estimate of drug-likeness (QED) is 0.757. The van der Waals surface area contributed by atoms with E-state index >= 15 is 0 Å². The summed E-state index contributed by atoms with van der Waals surface area (Å²) in [7, 11) is -3.56. The number of benzene rings is 1. The molecule has 0 aliphatic carbocycles. The average Bonchev–Trinajstić information content (AvgIpc) is 2.38. The zero-order valence-corrected chi connectivity index (χ0v) is 15.3. The Labute approximate surface area is 137 Å². The van der Waals surface area contributed by atoms with E-state index in [9.17, 15) is 8.42 Å². The number of halogens is 1. The van der Waals surface area contributed by atoms with Gasteiger partial charge in [0.15, 0.2) is 0 Å². The maximum atomic E-state index is 12.5. The summed E-state index contributed by atoms with van der Waals surface area (Å²) >= 11 is 7.68. The first kappa shape index (κ1) is 18.8. The molecule has 4 nitrogen and oxygen atoms in total. The molecule has 1 aromatic rings. The van der Waals surface area contributed by atoms with Gasteiger partial charge in [-0.1, -0.05) is 18.5 Å². The lowest BCUT2D eigenvalue weighted by atomic mass is 10.1. The van der Waals surface area contributed by atoms with Crippen molar-refractivity contribution in [2.75, 3.05) is 18.6 Å². The average molecular weight is 351 g/mol. The second-order valence-electron chi connectivity index (χ2n) is 4.95. The van der Waals surface area contributed by atoms with Crippen LogP contribution in [-0.2, 0) is 16.6 Å². The van der Waals surface area contributed by atoms with Crippen LogP contribution < -0.4 is 10.0 Å². The number of hydrogen-bond donors (Lipinski definition) is 2. The lowest BCUT2D eigenvalue weighted by molar-refractivity contribution is 0.570. The molecule has 0 saturated heterocycles. The van der Waals surface area contributed by atoms with E-state index in [2.05, 4.69) is 10.0 Å². The maximum Gasteiger partial charge on any atom is 0.241 e. The third kappa shape index (κ3) is 5.45. The number of sulfonamides is 1. The van der Waals surface area contributed by atoms with Crippen LogP contribution in [0.4, 0.5) is 0 Å². The molecule has 0 spiro atoms. The van der Waals surface area contributed by atoms with Crippen LogP contribution in [0.3, 0.4) is 0 Å². The van der Waals surface area contributed by atoms with Crippen molar-refractivity contribution in [3.05, 3.63) is 28.3 Å². The molecule has 0 aliphatic rings. The number of hydrogen-bond acceptors (Lipinski definition) is 4. The predicted molar refractivity (Wildman–Crippen MR) is 91.7 cm³/mol. The predicted octanol–water partition coefficient (Wildman–Crippen LogP) is 2.79. The van der Waals surface area contributed by atoms with E-state index in [1.165, 1.54) is 6.07 Å². The fourth-order valence-electron chi connectivity index (χ4n) is 2.04. The molecule has 21 heavy (non-hydrogen) atoms. The molecule has 0 saturated carbocycles. The van der Waals surface area contributed by atoms with Crippen LogP contribution >= 0.6 is 23.4 Å². The first-order valence-electron chi connectivity index (χ1n) is 6.82. The Hall–Kier alpha value is -0.270. The van der Waals surface area contributed by atoms with Gasteiger partial charge >= 0.3 is 0 Å². The fourth-order valence-corrected chi connectivity index (χ4v) is 4.59. The molecule has 1 atom stereocenters. The molecule has 0 bridgehead atoms. The van der Waals surface area contributed by atoms with E-state index in [1.54, 1.807) is 11.8 Å². The molecule has 7 heteroatoms. The topological polar surface area (TPSA) is 58.2 Å². The van der Waals surface area contributed by atoms with Crippen molar-refractivity contribution in [2.24, 2.45) is 0 Å². The Kier molecular flexibility index (Phi) is 7.50. The molecule has 1 aromatic carbocycles. The molecule has 1 rings (SSSR count). The summed E-state index contributed by atoms with van der Waals surface area (Å²) in [6, 6.07) is 3.20. The van der Waals surface area contributed by atoms with E-state index in [-0.39, 0.29) is 10.9 Å². The van der Waals surface area contributed by atoms with Gasteiger partial charge in [0.2, 0.25) is 10.0 Å². The zero-order chi connectivity index (χ0) is 16.0. The molecule has 0 aliphatic heterocycles. The summed E-state index contributed by atoms with van der Waals surface area (Å²) in [5.41, 5.74) is 1.64. The summed E-state index contributed by atoms with van der Waals surface area (Å²) in [4.78, 5) is 0.260. The molecule has 0 amide bonds. The van der Waals surface area contributed by atoms with Gasteiger partial charge in [0, 0.05) is 23.4 Å².